The van der Waals surface area contributed by atoms with Crippen molar-refractivity contribution in [3.8, 4) is 17.3 Å². The number of hydrogen-bond acceptors (Lipinski definition) is 4. The number of nitro groups is 1. The number of benzene rings is 2. The quantitative estimate of drug-likeness (QED) is 0.419. The molecule has 3 rings (SSSR count). The predicted octanol–water partition coefficient (Wildman–Crippen LogP) is 4.70. The lowest BCUT2D eigenvalue weighted by Gasteiger charge is -2.02. The summed E-state index contributed by atoms with van der Waals surface area (Å²) in [6.45, 7) is 0. The van der Waals surface area contributed by atoms with Gasteiger partial charge in [0, 0.05) is 28.3 Å². The standard InChI is InChI=1S/C18H11ClN4O2/c19-16-6-4-12(5-7-16)14(10-20)8-15-11-21-22-18(15)13-2-1-3-17(9-13)23(24)25/h1-9,11H,(H,21,22). The van der Waals surface area contributed by atoms with Gasteiger partial charge in [0.15, 0.2) is 0 Å². The van der Waals surface area contributed by atoms with Crippen molar-refractivity contribution in [2.45, 2.75) is 0 Å². The van der Waals surface area contributed by atoms with E-state index in [-0.39, 0.29) is 5.69 Å². The molecule has 3 aromatic rings. The molecule has 1 aromatic heterocycles. The van der Waals surface area contributed by atoms with Gasteiger partial charge in [-0.1, -0.05) is 35.9 Å². The highest BCUT2D eigenvalue weighted by molar-refractivity contribution is 6.30. The summed E-state index contributed by atoms with van der Waals surface area (Å²) < 4.78 is 0. The Balaban J connectivity index is 2.04. The van der Waals surface area contributed by atoms with E-state index in [4.69, 9.17) is 11.6 Å². The number of nitro benzene ring substituents is 1. The van der Waals surface area contributed by atoms with E-state index in [1.54, 1.807) is 48.7 Å². The zero-order valence-electron chi connectivity index (χ0n) is 12.8. The Kier molecular flexibility index (Phi) is 4.59. The summed E-state index contributed by atoms with van der Waals surface area (Å²) in [6, 6.07) is 15.3. The molecule has 0 saturated carbocycles. The number of allylic oxidation sites excluding steroid dienone is 1. The van der Waals surface area contributed by atoms with Crippen molar-refractivity contribution in [1.82, 2.24) is 10.2 Å². The average Bonchev–Trinajstić information content (AvgIpc) is 3.09. The second-order valence-electron chi connectivity index (χ2n) is 5.18. The van der Waals surface area contributed by atoms with Crippen molar-refractivity contribution in [1.29, 1.82) is 5.26 Å². The van der Waals surface area contributed by atoms with E-state index in [1.165, 1.54) is 12.1 Å². The van der Waals surface area contributed by atoms with Crippen LogP contribution in [-0.4, -0.2) is 15.1 Å². The van der Waals surface area contributed by atoms with E-state index in [9.17, 15) is 15.4 Å². The van der Waals surface area contributed by atoms with E-state index in [0.717, 1.165) is 5.56 Å². The van der Waals surface area contributed by atoms with E-state index >= 15 is 0 Å². The fourth-order valence-corrected chi connectivity index (χ4v) is 2.50. The summed E-state index contributed by atoms with van der Waals surface area (Å²) in [5.41, 5.74) is 3.02. The van der Waals surface area contributed by atoms with Crippen LogP contribution in [0, 0.1) is 21.4 Å². The van der Waals surface area contributed by atoms with E-state index in [2.05, 4.69) is 16.3 Å². The van der Waals surface area contributed by atoms with Gasteiger partial charge < -0.3 is 0 Å². The molecular formula is C18H11ClN4O2. The normalized spacial score (nSPS) is 11.1. The molecule has 0 radical (unpaired) electrons. The Morgan fingerprint density at radius 2 is 2.04 bits per heavy atom. The van der Waals surface area contributed by atoms with Crippen LogP contribution >= 0.6 is 11.6 Å². The Bertz CT molecular complexity index is 1000. The average molecular weight is 351 g/mol. The van der Waals surface area contributed by atoms with E-state index in [0.29, 0.717) is 27.4 Å². The molecule has 0 unspecified atom stereocenters. The van der Waals surface area contributed by atoms with Gasteiger partial charge in [-0.2, -0.15) is 10.4 Å². The summed E-state index contributed by atoms with van der Waals surface area (Å²) in [5.74, 6) is 0. The van der Waals surface area contributed by atoms with Crippen molar-refractivity contribution < 1.29 is 4.92 Å². The molecule has 2 aromatic carbocycles. The molecule has 0 aliphatic heterocycles. The first-order valence-corrected chi connectivity index (χ1v) is 7.62. The molecule has 6 nitrogen and oxygen atoms in total. The molecule has 1 N–H and O–H groups in total. The smallest absolute Gasteiger partial charge is 0.270 e. The lowest BCUT2D eigenvalue weighted by Crippen LogP contribution is -1.89. The van der Waals surface area contributed by atoms with Gasteiger partial charge in [-0.05, 0) is 23.8 Å². The van der Waals surface area contributed by atoms with E-state index < -0.39 is 4.92 Å². The van der Waals surface area contributed by atoms with Gasteiger partial charge in [-0.15, -0.1) is 0 Å². The maximum absolute atomic E-state index is 11.0. The van der Waals surface area contributed by atoms with Crippen molar-refractivity contribution in [2.24, 2.45) is 0 Å². The maximum Gasteiger partial charge on any atom is 0.270 e. The van der Waals surface area contributed by atoms with Crippen LogP contribution in [-0.2, 0) is 0 Å². The van der Waals surface area contributed by atoms with Crippen molar-refractivity contribution >= 4 is 28.9 Å². The molecule has 0 bridgehead atoms. The molecule has 0 amide bonds. The monoisotopic (exact) mass is 350 g/mol. The van der Waals surface area contributed by atoms with Gasteiger partial charge in [0.2, 0.25) is 0 Å². The second-order valence-corrected chi connectivity index (χ2v) is 5.62. The highest BCUT2D eigenvalue weighted by Crippen LogP contribution is 2.28. The number of hydrogen-bond donors (Lipinski definition) is 1. The maximum atomic E-state index is 11.0. The summed E-state index contributed by atoms with van der Waals surface area (Å²) in [7, 11) is 0. The zero-order valence-corrected chi connectivity index (χ0v) is 13.6. The summed E-state index contributed by atoms with van der Waals surface area (Å²) in [4.78, 5) is 10.5. The minimum absolute atomic E-state index is 0.0137. The molecule has 25 heavy (non-hydrogen) atoms. The zero-order chi connectivity index (χ0) is 17.8. The molecule has 0 saturated heterocycles. The number of H-pyrrole nitrogens is 1. The van der Waals surface area contributed by atoms with Gasteiger partial charge in [-0.3, -0.25) is 15.2 Å². The Morgan fingerprint density at radius 3 is 2.72 bits per heavy atom. The first kappa shape index (κ1) is 16.4. The lowest BCUT2D eigenvalue weighted by atomic mass is 10.0. The van der Waals surface area contributed by atoms with Gasteiger partial charge in [0.05, 0.1) is 28.5 Å². The molecule has 0 spiro atoms. The van der Waals surface area contributed by atoms with Crippen LogP contribution < -0.4 is 0 Å². The third kappa shape index (κ3) is 3.57. The van der Waals surface area contributed by atoms with Crippen LogP contribution in [0.5, 0.6) is 0 Å². The number of non-ortho nitro benzene ring substituents is 1. The highest BCUT2D eigenvalue weighted by atomic mass is 35.5. The molecule has 0 aliphatic rings. The van der Waals surface area contributed by atoms with Gasteiger partial charge in [-0.25, -0.2) is 0 Å². The van der Waals surface area contributed by atoms with Crippen molar-refractivity contribution in [3.63, 3.8) is 0 Å². The predicted molar refractivity (Wildman–Crippen MR) is 95.6 cm³/mol. The summed E-state index contributed by atoms with van der Waals surface area (Å²) in [5, 5.41) is 27.8. The molecule has 0 atom stereocenters. The van der Waals surface area contributed by atoms with Crippen LogP contribution in [0.1, 0.15) is 11.1 Å². The van der Waals surface area contributed by atoms with Crippen molar-refractivity contribution in [2.75, 3.05) is 0 Å². The lowest BCUT2D eigenvalue weighted by molar-refractivity contribution is -0.384. The van der Waals surface area contributed by atoms with Crippen LogP contribution in [0.25, 0.3) is 22.9 Å². The third-order valence-corrected chi connectivity index (χ3v) is 3.84. The molecular weight excluding hydrogens is 340 g/mol. The fraction of sp³-hybridized carbons (Fsp3) is 0. The summed E-state index contributed by atoms with van der Waals surface area (Å²) >= 11 is 5.88. The fourth-order valence-electron chi connectivity index (χ4n) is 2.38. The first-order chi connectivity index (χ1) is 12.1. The third-order valence-electron chi connectivity index (χ3n) is 3.59. The number of nitriles is 1. The number of aromatic amines is 1. The largest absolute Gasteiger partial charge is 0.277 e. The Morgan fingerprint density at radius 1 is 1.28 bits per heavy atom. The number of rotatable bonds is 4. The van der Waals surface area contributed by atoms with Gasteiger partial charge >= 0.3 is 0 Å². The Labute approximate surface area is 148 Å². The van der Waals surface area contributed by atoms with Gasteiger partial charge in [0.25, 0.3) is 5.69 Å². The molecule has 1 heterocycles. The van der Waals surface area contributed by atoms with E-state index in [1.807, 2.05) is 0 Å². The minimum Gasteiger partial charge on any atom is -0.277 e. The minimum atomic E-state index is -0.455. The number of aromatic nitrogens is 2. The van der Waals surface area contributed by atoms with Crippen LogP contribution in [0.15, 0.2) is 54.7 Å². The Hall–Kier alpha value is -3.43. The first-order valence-electron chi connectivity index (χ1n) is 7.24. The topological polar surface area (TPSA) is 95.6 Å². The van der Waals surface area contributed by atoms with Crippen LogP contribution in [0.4, 0.5) is 5.69 Å². The van der Waals surface area contributed by atoms with Crippen LogP contribution in [0.3, 0.4) is 0 Å². The highest BCUT2D eigenvalue weighted by Gasteiger charge is 2.12. The van der Waals surface area contributed by atoms with Crippen LogP contribution in [0.2, 0.25) is 5.02 Å². The molecule has 122 valence electrons. The SMILES string of the molecule is N#CC(=Cc1cn[nH]c1-c1cccc([N+](=O)[O-])c1)c1ccc(Cl)cc1. The molecule has 0 aliphatic carbocycles. The number of halogens is 1. The number of nitrogens with one attached hydrogen (secondary N) is 1. The number of nitrogens with zero attached hydrogens (tertiary/aromatic N) is 3. The second kappa shape index (κ2) is 6.99. The molecule has 0 fully saturated rings. The summed E-state index contributed by atoms with van der Waals surface area (Å²) in [6.07, 6.45) is 3.25. The van der Waals surface area contributed by atoms with Gasteiger partial charge in [0.1, 0.15) is 0 Å². The molecule has 7 heteroatoms. The van der Waals surface area contributed by atoms with Crippen molar-refractivity contribution in [3.05, 3.63) is 81.0 Å².